The molecule has 1 aliphatic rings. The van der Waals surface area contributed by atoms with E-state index in [0.29, 0.717) is 16.7 Å². The van der Waals surface area contributed by atoms with E-state index in [1.54, 1.807) is 0 Å². The Bertz CT molecular complexity index is 3250. The van der Waals surface area contributed by atoms with Crippen molar-refractivity contribution in [3.8, 4) is 45.5 Å². The van der Waals surface area contributed by atoms with Crippen LogP contribution in [0.25, 0.3) is 72.4 Å². The third kappa shape index (κ3) is 9.97. The first-order valence-electron chi connectivity index (χ1n) is 24.0. The molecule has 0 N–H and O–H groups in total. The number of imidazole rings is 1. The second-order valence-corrected chi connectivity index (χ2v) is 36.7. The summed E-state index contributed by atoms with van der Waals surface area (Å²) in [5.41, 5.74) is 13.9. The van der Waals surface area contributed by atoms with Crippen molar-refractivity contribution in [2.45, 2.75) is 99.9 Å². The van der Waals surface area contributed by atoms with E-state index in [9.17, 15) is 6.63 Å². The quantitative estimate of drug-likeness (QED) is 0.112. The fourth-order valence-electron chi connectivity index (χ4n) is 9.35. The van der Waals surface area contributed by atoms with Crippen LogP contribution in [0, 0.1) is 23.5 Å². The predicted octanol–water partition coefficient (Wildman–Crippen LogP) is 15.9. The Kier molecular flexibility index (Phi) is 13.7. The topological polar surface area (TPSA) is 67.6 Å². The van der Waals surface area contributed by atoms with E-state index in [4.69, 9.17) is 9.40 Å². The molecule has 1 saturated heterocycles. The van der Waals surface area contributed by atoms with Gasteiger partial charge in [-0.25, -0.2) is 0 Å². The van der Waals surface area contributed by atoms with Gasteiger partial charge in [0, 0.05) is 31.7 Å². The Morgan fingerprint density at radius 2 is 1.49 bits per heavy atom. The Labute approximate surface area is 415 Å². The minimum atomic E-state index is -1.67. The number of nitrogens with zero attached hydrogens (tertiary/aromatic N) is 4. The largest absolute Gasteiger partial charge is 0 e. The SMILES string of the molecule is C[Si](C)(C)c1ccc(-c2[c-]cccc2)nc1.[2H]C1(c2ccc(-c3cc(C(C)C)c(-n4c(-c5[c-]ccc6c5oc5cc(C#N)ccc56)nc5ccccc54)c(C(C)C)c3)cc2)C[CH2][Ge]([CH3])([CH3])[CH2]C1.[Ir]. The number of para-hydroxylation sites is 2. The number of hydrogen-bond acceptors (Lipinski definition) is 4. The molecule has 341 valence electrons. The summed E-state index contributed by atoms with van der Waals surface area (Å²) in [4.78, 5) is 9.79. The Balaban J connectivity index is 0.000000312. The number of nitriles is 1. The van der Waals surface area contributed by atoms with Gasteiger partial charge in [-0.05, 0) is 35.1 Å². The zero-order valence-electron chi connectivity index (χ0n) is 41.2. The average Bonchev–Trinajstić information content (AvgIpc) is 3.91. The van der Waals surface area contributed by atoms with Gasteiger partial charge in [-0.1, -0.05) is 60.9 Å². The molecular weight excluding hydrogens is 1070 g/mol. The number of aromatic nitrogens is 3. The molecule has 5 nitrogen and oxygen atoms in total. The zero-order chi connectivity index (χ0) is 47.3. The minimum Gasteiger partial charge on any atom is 0 e. The number of furan rings is 1. The fraction of sp³-hybridized carbons (Fsp3) is 0.271. The van der Waals surface area contributed by atoms with Crippen LogP contribution in [0.3, 0.4) is 0 Å². The zero-order valence-corrected chi connectivity index (χ0v) is 45.7. The van der Waals surface area contributed by atoms with Crippen molar-refractivity contribution in [3.63, 3.8) is 0 Å². The van der Waals surface area contributed by atoms with Crippen molar-refractivity contribution in [2.24, 2.45) is 0 Å². The number of pyridine rings is 1. The Morgan fingerprint density at radius 1 is 0.791 bits per heavy atom. The molecule has 0 aliphatic carbocycles. The first-order valence-corrected chi connectivity index (χ1v) is 34.2. The van der Waals surface area contributed by atoms with E-state index < -0.39 is 27.2 Å². The van der Waals surface area contributed by atoms with E-state index in [1.807, 2.05) is 66.9 Å². The van der Waals surface area contributed by atoms with Gasteiger partial charge >= 0.3 is 169 Å². The molecule has 0 unspecified atom stereocenters. The van der Waals surface area contributed by atoms with E-state index in [0.717, 1.165) is 68.5 Å². The Morgan fingerprint density at radius 3 is 2.12 bits per heavy atom. The van der Waals surface area contributed by atoms with E-state index in [1.165, 1.54) is 37.9 Å². The van der Waals surface area contributed by atoms with E-state index in [-0.39, 0.29) is 31.9 Å². The first kappa shape index (κ1) is 46.7. The fourth-order valence-corrected chi connectivity index (χ4v) is 15.0. The van der Waals surface area contributed by atoms with Crippen LogP contribution in [-0.4, -0.2) is 35.9 Å². The van der Waals surface area contributed by atoms with E-state index in [2.05, 4.69) is 153 Å². The van der Waals surface area contributed by atoms with Crippen LogP contribution >= 0.6 is 0 Å². The summed E-state index contributed by atoms with van der Waals surface area (Å²) < 4.78 is 18.2. The van der Waals surface area contributed by atoms with Crippen LogP contribution in [0.15, 0.2) is 138 Å². The van der Waals surface area contributed by atoms with Gasteiger partial charge < -0.3 is 9.40 Å². The molecule has 3 aromatic heterocycles. The molecule has 0 spiro atoms. The standard InChI is InChI=1S/C45H44GeN3O.C14H16NSi.Ir/c1-28(2)38-25-34(32-17-15-31(16-18-32)33-20-22-46(5,6)23-21-33)26-39(29(3)4)43(38)49-41-13-8-7-12-40(41)48-45(49)37-11-9-10-36-35-19-14-30(27-47)24-42(35)50-44(36)37;1-16(2,3)13-9-10-14(15-11-13)12-7-5-4-6-8-12;/h7-10,12-19,24-26,28-29,33H,20-23H2,1-6H3;4-7,9-11H,1-3H3;/q2*-1;/i33D;;. The van der Waals surface area contributed by atoms with Gasteiger partial charge in [0.2, 0.25) is 0 Å². The second-order valence-electron chi connectivity index (χ2n) is 20.4. The number of hydrogen-bond donors (Lipinski definition) is 0. The monoisotopic (exact) mass is 1140 g/mol. The second kappa shape index (κ2) is 19.7. The summed E-state index contributed by atoms with van der Waals surface area (Å²) in [6.45, 7) is 16.1. The van der Waals surface area contributed by atoms with Gasteiger partial charge in [0.25, 0.3) is 0 Å². The summed E-state index contributed by atoms with van der Waals surface area (Å²) in [6, 6.07) is 52.8. The smallest absolute Gasteiger partial charge is 0 e. The molecule has 67 heavy (non-hydrogen) atoms. The molecule has 9 aromatic rings. The molecule has 1 aliphatic heterocycles. The van der Waals surface area contributed by atoms with Crippen LogP contribution in [0.1, 0.15) is 81.9 Å². The first-order chi connectivity index (χ1) is 32.0. The van der Waals surface area contributed by atoms with Crippen LogP contribution in [0.2, 0.25) is 41.7 Å². The molecule has 0 amide bonds. The normalized spacial score (nSPS) is 14.7. The molecule has 0 bridgehead atoms. The molecule has 8 heteroatoms. The van der Waals surface area contributed by atoms with Crippen LogP contribution in [0.5, 0.6) is 0 Å². The van der Waals surface area contributed by atoms with Gasteiger partial charge in [0.05, 0.1) is 42.1 Å². The third-order valence-electron chi connectivity index (χ3n) is 13.4. The van der Waals surface area contributed by atoms with Crippen molar-refractivity contribution in [3.05, 3.63) is 168 Å². The molecule has 6 aromatic carbocycles. The van der Waals surface area contributed by atoms with Crippen LogP contribution < -0.4 is 5.19 Å². The summed E-state index contributed by atoms with van der Waals surface area (Å²) >= 11 is -1.67. The minimum absolute atomic E-state index is 0. The summed E-state index contributed by atoms with van der Waals surface area (Å²) in [6.07, 6.45) is 4.00. The molecule has 0 atom stereocenters. The van der Waals surface area contributed by atoms with Gasteiger partial charge in [0.1, 0.15) is 5.58 Å². The van der Waals surface area contributed by atoms with Crippen molar-refractivity contribution in [1.82, 2.24) is 14.5 Å². The summed E-state index contributed by atoms with van der Waals surface area (Å²) in [7, 11) is -1.23. The molecule has 10 rings (SSSR count). The average molecular weight is 1140 g/mol. The molecule has 4 heterocycles. The van der Waals surface area contributed by atoms with Crippen LogP contribution in [0.4, 0.5) is 0 Å². The van der Waals surface area contributed by atoms with Gasteiger partial charge in [-0.2, -0.15) is 5.26 Å². The maximum atomic E-state index is 9.56. The third-order valence-corrected chi connectivity index (χ3v) is 22.2. The van der Waals surface area contributed by atoms with Crippen molar-refractivity contribution >= 4 is 59.5 Å². The van der Waals surface area contributed by atoms with Gasteiger partial charge in [-0.15, -0.1) is 54.1 Å². The number of rotatable bonds is 8. The summed E-state index contributed by atoms with van der Waals surface area (Å²) in [5, 5.41) is 15.4. The maximum Gasteiger partial charge on any atom is 0 e. The summed E-state index contributed by atoms with van der Waals surface area (Å²) in [5.74, 6) is 5.81. The van der Waals surface area contributed by atoms with Crippen molar-refractivity contribution in [2.75, 3.05) is 0 Å². The molecule has 1 radical (unpaired) electrons. The number of benzene rings is 6. The molecule has 1 fully saturated rings. The Hall–Kier alpha value is -5.36. The number of fused-ring (bicyclic) bond motifs is 4. The van der Waals surface area contributed by atoms with Crippen molar-refractivity contribution < 1.29 is 25.9 Å². The maximum absolute atomic E-state index is 9.56. The van der Waals surface area contributed by atoms with Crippen LogP contribution in [-0.2, 0) is 20.1 Å². The van der Waals surface area contributed by atoms with Gasteiger partial charge in [0.15, 0.2) is 0 Å². The van der Waals surface area contributed by atoms with Gasteiger partial charge in [-0.3, -0.25) is 4.98 Å². The van der Waals surface area contributed by atoms with Crippen molar-refractivity contribution in [1.29, 1.82) is 5.26 Å². The predicted molar refractivity (Wildman–Crippen MR) is 282 cm³/mol. The molecule has 0 saturated carbocycles. The molecular formula is C59H60GeIrN4OSi-2. The van der Waals surface area contributed by atoms with E-state index >= 15 is 0 Å².